The number of ether oxygens (including phenoxy) is 1. The second kappa shape index (κ2) is 4.81. The molecule has 0 spiro atoms. The summed E-state index contributed by atoms with van der Waals surface area (Å²) in [5.41, 5.74) is 0.506. The van der Waals surface area contributed by atoms with Gasteiger partial charge in [-0.3, -0.25) is 4.90 Å². The number of hydrogen-bond acceptors (Lipinski definition) is 3. The summed E-state index contributed by atoms with van der Waals surface area (Å²) >= 11 is 0. The van der Waals surface area contributed by atoms with E-state index in [4.69, 9.17) is 4.74 Å². The van der Waals surface area contributed by atoms with Crippen LogP contribution < -0.4 is 5.32 Å². The van der Waals surface area contributed by atoms with Gasteiger partial charge in [0.1, 0.15) is 0 Å². The highest BCUT2D eigenvalue weighted by Gasteiger charge is 2.36. The first-order valence-electron chi connectivity index (χ1n) is 5.86. The molecule has 3 nitrogen and oxygen atoms in total. The van der Waals surface area contributed by atoms with Gasteiger partial charge in [-0.25, -0.2) is 0 Å². The van der Waals surface area contributed by atoms with Crippen molar-refractivity contribution >= 4 is 0 Å². The molecule has 1 aliphatic heterocycles. The van der Waals surface area contributed by atoms with Crippen molar-refractivity contribution in [3.63, 3.8) is 0 Å². The molecule has 0 radical (unpaired) electrons. The Labute approximate surface area is 94.2 Å². The normalized spacial score (nSPS) is 25.4. The van der Waals surface area contributed by atoms with Gasteiger partial charge in [-0.05, 0) is 34.1 Å². The minimum Gasteiger partial charge on any atom is -0.385 e. The van der Waals surface area contributed by atoms with E-state index in [2.05, 4.69) is 37.9 Å². The van der Waals surface area contributed by atoms with E-state index >= 15 is 0 Å². The predicted molar refractivity (Wildman–Crippen MR) is 64.2 cm³/mol. The monoisotopic (exact) mass is 214 g/mol. The summed E-state index contributed by atoms with van der Waals surface area (Å²) in [7, 11) is 1.77. The molecule has 0 aliphatic carbocycles. The van der Waals surface area contributed by atoms with Crippen molar-refractivity contribution in [2.45, 2.75) is 45.2 Å². The second-order valence-corrected chi connectivity index (χ2v) is 5.82. The van der Waals surface area contributed by atoms with E-state index in [-0.39, 0.29) is 11.1 Å². The van der Waals surface area contributed by atoms with E-state index in [1.807, 2.05) is 0 Å². The Balaban J connectivity index is 2.49. The molecule has 1 aliphatic rings. The maximum absolute atomic E-state index is 5.11. The molecule has 3 heteroatoms. The first-order chi connectivity index (χ1) is 6.87. The van der Waals surface area contributed by atoms with Crippen molar-refractivity contribution in [3.8, 4) is 0 Å². The van der Waals surface area contributed by atoms with E-state index < -0.39 is 0 Å². The maximum atomic E-state index is 5.11. The van der Waals surface area contributed by atoms with Crippen LogP contribution in [0.15, 0.2) is 0 Å². The smallest absolute Gasteiger partial charge is 0.0474 e. The molecular formula is C12H26N2O. The highest BCUT2D eigenvalue weighted by atomic mass is 16.5. The standard InChI is InChI=1S/C12H26N2O/c1-11(2)10-14(7-6-8-15-5)12(3,4)9-13-11/h13H,6-10H2,1-5H3. The van der Waals surface area contributed by atoms with E-state index in [9.17, 15) is 0 Å². The average molecular weight is 214 g/mol. The number of methoxy groups -OCH3 is 1. The van der Waals surface area contributed by atoms with Gasteiger partial charge in [0.2, 0.25) is 0 Å². The van der Waals surface area contributed by atoms with Gasteiger partial charge >= 0.3 is 0 Å². The van der Waals surface area contributed by atoms with Crippen LogP contribution in [0, 0.1) is 0 Å². The van der Waals surface area contributed by atoms with Gasteiger partial charge in [0.05, 0.1) is 0 Å². The molecule has 90 valence electrons. The zero-order valence-corrected chi connectivity index (χ0v) is 10.9. The summed E-state index contributed by atoms with van der Waals surface area (Å²) in [6.45, 7) is 13.3. The summed E-state index contributed by atoms with van der Waals surface area (Å²) in [5, 5.41) is 3.60. The fraction of sp³-hybridized carbons (Fsp3) is 1.00. The van der Waals surface area contributed by atoms with Crippen LogP contribution in [0.25, 0.3) is 0 Å². The van der Waals surface area contributed by atoms with Crippen molar-refractivity contribution in [1.29, 1.82) is 0 Å². The van der Waals surface area contributed by atoms with Gasteiger partial charge in [-0.1, -0.05) is 0 Å². The lowest BCUT2D eigenvalue weighted by Crippen LogP contribution is -2.66. The molecule has 0 aromatic carbocycles. The Hall–Kier alpha value is -0.120. The van der Waals surface area contributed by atoms with Crippen molar-refractivity contribution in [2.75, 3.05) is 33.4 Å². The van der Waals surface area contributed by atoms with Crippen molar-refractivity contribution < 1.29 is 4.74 Å². The second-order valence-electron chi connectivity index (χ2n) is 5.82. The summed E-state index contributed by atoms with van der Waals surface area (Å²) in [6, 6.07) is 0. The summed E-state index contributed by atoms with van der Waals surface area (Å²) < 4.78 is 5.11. The van der Waals surface area contributed by atoms with Gasteiger partial charge in [-0.15, -0.1) is 0 Å². The van der Waals surface area contributed by atoms with Crippen LogP contribution >= 0.6 is 0 Å². The van der Waals surface area contributed by atoms with Crippen LogP contribution in [0.4, 0.5) is 0 Å². The van der Waals surface area contributed by atoms with Gasteiger partial charge < -0.3 is 10.1 Å². The topological polar surface area (TPSA) is 24.5 Å². The van der Waals surface area contributed by atoms with E-state index in [1.165, 1.54) is 0 Å². The van der Waals surface area contributed by atoms with Crippen LogP contribution in [0.5, 0.6) is 0 Å². The number of piperazine rings is 1. The van der Waals surface area contributed by atoms with Crippen LogP contribution in [0.1, 0.15) is 34.1 Å². The minimum absolute atomic E-state index is 0.239. The SMILES string of the molecule is COCCCN1CC(C)(C)NCC1(C)C. The Morgan fingerprint density at radius 3 is 2.53 bits per heavy atom. The molecule has 1 rings (SSSR count). The lowest BCUT2D eigenvalue weighted by Gasteiger charge is -2.49. The molecular weight excluding hydrogens is 188 g/mol. The number of nitrogens with zero attached hydrogens (tertiary/aromatic N) is 1. The number of hydrogen-bond donors (Lipinski definition) is 1. The zero-order valence-electron chi connectivity index (χ0n) is 10.9. The average Bonchev–Trinajstić information content (AvgIpc) is 2.12. The molecule has 0 amide bonds. The lowest BCUT2D eigenvalue weighted by atomic mass is 9.91. The van der Waals surface area contributed by atoms with Crippen molar-refractivity contribution in [1.82, 2.24) is 10.2 Å². The molecule has 1 N–H and O–H groups in total. The van der Waals surface area contributed by atoms with E-state index in [0.717, 1.165) is 32.7 Å². The Morgan fingerprint density at radius 1 is 1.27 bits per heavy atom. The molecule has 0 aromatic heterocycles. The van der Waals surface area contributed by atoms with Crippen molar-refractivity contribution in [2.24, 2.45) is 0 Å². The first-order valence-corrected chi connectivity index (χ1v) is 5.86. The van der Waals surface area contributed by atoms with E-state index in [0.29, 0.717) is 0 Å². The number of nitrogens with one attached hydrogen (secondary N) is 1. The molecule has 1 saturated heterocycles. The van der Waals surface area contributed by atoms with Crippen LogP contribution in [0.2, 0.25) is 0 Å². The Bertz CT molecular complexity index is 202. The van der Waals surface area contributed by atoms with Crippen molar-refractivity contribution in [3.05, 3.63) is 0 Å². The Morgan fingerprint density at radius 2 is 1.93 bits per heavy atom. The van der Waals surface area contributed by atoms with E-state index in [1.54, 1.807) is 7.11 Å². The summed E-state index contributed by atoms with van der Waals surface area (Å²) in [4.78, 5) is 2.57. The third kappa shape index (κ3) is 3.74. The zero-order chi connectivity index (χ0) is 11.5. The highest BCUT2D eigenvalue weighted by molar-refractivity contribution is 4.97. The fourth-order valence-electron chi connectivity index (χ4n) is 2.10. The van der Waals surface area contributed by atoms with Crippen LogP contribution in [0.3, 0.4) is 0 Å². The number of rotatable bonds is 4. The quantitative estimate of drug-likeness (QED) is 0.718. The molecule has 0 saturated carbocycles. The highest BCUT2D eigenvalue weighted by Crippen LogP contribution is 2.23. The summed E-state index contributed by atoms with van der Waals surface area (Å²) in [6.07, 6.45) is 1.12. The van der Waals surface area contributed by atoms with Crippen LogP contribution in [-0.4, -0.2) is 49.3 Å². The molecule has 0 unspecified atom stereocenters. The van der Waals surface area contributed by atoms with Gasteiger partial charge in [0, 0.05) is 44.4 Å². The Kier molecular flexibility index (Phi) is 4.15. The fourth-order valence-corrected chi connectivity index (χ4v) is 2.10. The van der Waals surface area contributed by atoms with Crippen LogP contribution in [-0.2, 0) is 4.74 Å². The molecule has 1 fully saturated rings. The largest absolute Gasteiger partial charge is 0.385 e. The molecule has 1 heterocycles. The van der Waals surface area contributed by atoms with Gasteiger partial charge in [-0.2, -0.15) is 0 Å². The molecule has 0 aromatic rings. The molecule has 15 heavy (non-hydrogen) atoms. The molecule has 0 atom stereocenters. The lowest BCUT2D eigenvalue weighted by molar-refractivity contribution is 0.0323. The first kappa shape index (κ1) is 12.9. The predicted octanol–water partition coefficient (Wildman–Crippen LogP) is 1.49. The summed E-state index contributed by atoms with van der Waals surface area (Å²) in [5.74, 6) is 0. The minimum atomic E-state index is 0.239. The molecule has 0 bridgehead atoms. The maximum Gasteiger partial charge on any atom is 0.0474 e. The van der Waals surface area contributed by atoms with Gasteiger partial charge in [0.25, 0.3) is 0 Å². The third-order valence-electron chi connectivity index (χ3n) is 3.22. The third-order valence-corrected chi connectivity index (χ3v) is 3.22. The van der Waals surface area contributed by atoms with Gasteiger partial charge in [0.15, 0.2) is 0 Å².